The number of aromatic nitrogens is 8. The van der Waals surface area contributed by atoms with Gasteiger partial charge in [-0.05, 0) is 82.6 Å². The highest BCUT2D eigenvalue weighted by molar-refractivity contribution is 6.13. The average molecular weight is 1390 g/mol. The molecule has 0 aliphatic carbocycles. The number of carboxylic acid groups (broad SMARTS) is 1. The number of hydrogen-bond acceptors (Lipinski definition) is 24. The first-order valence-corrected chi connectivity index (χ1v) is 31.3. The van der Waals surface area contributed by atoms with Crippen molar-refractivity contribution < 1.29 is 102 Å². The molecule has 1 saturated heterocycles. The van der Waals surface area contributed by atoms with Crippen molar-refractivity contribution >= 4 is 99.1 Å². The molecule has 2 aliphatic rings. The number of nitrogens with one attached hydrogen (secondary N) is 4. The van der Waals surface area contributed by atoms with Crippen LogP contribution in [-0.2, 0) is 75.7 Å². The van der Waals surface area contributed by atoms with E-state index >= 15 is 0 Å². The third kappa shape index (κ3) is 16.7. The number of carbonyl (C=O) groups is 10. The molecular formula is C65H74N14O21. The molecule has 2 aliphatic heterocycles. The molecule has 7 aromatic rings. The molecule has 1 fully saturated rings. The topological polar surface area (TPSA) is 442 Å². The summed E-state index contributed by atoms with van der Waals surface area (Å²) < 4.78 is 45.3. The van der Waals surface area contributed by atoms with E-state index in [0.717, 1.165) is 17.1 Å². The molecule has 100 heavy (non-hydrogen) atoms. The molecule has 0 unspecified atom stereocenters. The molecule has 0 saturated carbocycles. The number of hydrogen-bond donors (Lipinski definition) is 8. The van der Waals surface area contributed by atoms with E-state index < -0.39 is 96.8 Å². The SMILES string of the molecule is CCn1nc(C)cc1C(=O)Nc1nc2cc(C(=O)OC)cc(OC)c2n1C/C=C/Cn1c(NC(=O)c2cc(C)nn2CC)nc2cc(C(=O)OC)cc(OCCCN(C)C(=O)OCc3ccc(O[C@@H]4O[C@H](C(=O)O)[C@@H](O)[C@H](O)[C@H]4O)cc3NC(=O)CCNC(=O)CCN3C(=O)C=CC3=O)c21. The number of aryl methyl sites for hydroxylation is 4. The molecule has 3 aromatic carbocycles. The number of aliphatic hydroxyl groups is 3. The normalized spacial score (nSPS) is 16.6. The molecule has 6 heterocycles. The fourth-order valence-electron chi connectivity index (χ4n) is 10.8. The van der Waals surface area contributed by atoms with Crippen LogP contribution in [0.25, 0.3) is 22.1 Å². The maximum atomic E-state index is 14.2. The highest BCUT2D eigenvalue weighted by atomic mass is 16.7. The van der Waals surface area contributed by atoms with Crippen molar-refractivity contribution in [2.45, 2.75) is 110 Å². The molecule has 4 aromatic heterocycles. The maximum Gasteiger partial charge on any atom is 0.409 e. The number of aliphatic carboxylic acids is 1. The van der Waals surface area contributed by atoms with Gasteiger partial charge in [0.05, 0.1) is 67.2 Å². The maximum absolute atomic E-state index is 14.2. The van der Waals surface area contributed by atoms with Crippen LogP contribution in [0.3, 0.4) is 0 Å². The number of rotatable bonds is 30. The predicted molar refractivity (Wildman–Crippen MR) is 350 cm³/mol. The molecule has 7 amide bonds. The van der Waals surface area contributed by atoms with E-state index in [9.17, 15) is 68.4 Å². The number of fused-ring (bicyclic) bond motifs is 2. The second-order valence-corrected chi connectivity index (χ2v) is 22.7. The third-order valence-corrected chi connectivity index (χ3v) is 15.9. The summed E-state index contributed by atoms with van der Waals surface area (Å²) in [4.78, 5) is 141. The quantitative estimate of drug-likeness (QED) is 0.0105. The summed E-state index contributed by atoms with van der Waals surface area (Å²) in [6.07, 6.45) is -5.38. The Morgan fingerprint density at radius 3 is 1.79 bits per heavy atom. The fraction of sp³-hybridized carbons (Fsp3) is 0.385. The number of imidazole rings is 2. The minimum Gasteiger partial charge on any atom is -0.494 e. The van der Waals surface area contributed by atoms with Crippen molar-refractivity contribution in [1.29, 1.82) is 0 Å². The van der Waals surface area contributed by atoms with Crippen LogP contribution >= 0.6 is 0 Å². The van der Waals surface area contributed by atoms with E-state index in [0.29, 0.717) is 41.0 Å². The first-order valence-electron chi connectivity index (χ1n) is 31.3. The molecule has 0 spiro atoms. The Bertz CT molecular complexity index is 4360. The van der Waals surface area contributed by atoms with Crippen molar-refractivity contribution in [3.8, 4) is 17.2 Å². The Labute approximate surface area is 569 Å². The number of allylic oxidation sites excluding steroid dienone is 2. The molecule has 8 N–H and O–H groups in total. The van der Waals surface area contributed by atoms with Crippen LogP contribution in [0.2, 0.25) is 0 Å². The monoisotopic (exact) mass is 1390 g/mol. The van der Waals surface area contributed by atoms with Gasteiger partial charge in [0.15, 0.2) is 6.10 Å². The predicted octanol–water partition coefficient (Wildman–Crippen LogP) is 2.85. The molecule has 35 nitrogen and oxygen atoms in total. The van der Waals surface area contributed by atoms with Gasteiger partial charge < -0.3 is 78.3 Å². The Hall–Kier alpha value is -11.6. The number of imide groups is 1. The second kappa shape index (κ2) is 32.2. The standard InChI is InChI=1S/C65H74N14O21/c1-9-78-43(26-34(3)72-78)57(87)70-63-68-41-28-37(60(91)95-7)30-45(94-6)51(41)76(63)22-11-12-23-77-52-42(69-64(77)71-58(88)44-27-35(4)73-79(44)10-2)29-38(61(92)96-8)31-46(52)97-25-13-21-74(5)65(93)98-33-36-14-15-39(99-62-55(86)53(84)54(85)56(100-62)59(89)90)32-40(36)67-48(81)18-20-66-47(80)19-24-75-49(82)16-17-50(75)83/h11-12,14-17,26-32,53-56,62,84-86H,9-10,13,18-25,33H2,1-8H3,(H,66,80)(H,67,81)(H,89,90)(H,68,70,87)(H,69,71,88)/b12-11+/t53-,54-,55+,56-,62+/m0/s1. The van der Waals surface area contributed by atoms with Gasteiger partial charge in [0, 0.05) is 89.5 Å². The Morgan fingerprint density at radius 1 is 0.690 bits per heavy atom. The smallest absolute Gasteiger partial charge is 0.409 e. The van der Waals surface area contributed by atoms with Crippen LogP contribution in [0, 0.1) is 13.8 Å². The summed E-state index contributed by atoms with van der Waals surface area (Å²) in [5, 5.41) is 60.7. The van der Waals surface area contributed by atoms with Gasteiger partial charge in [-0.3, -0.25) is 53.7 Å². The van der Waals surface area contributed by atoms with Gasteiger partial charge in [-0.1, -0.05) is 12.2 Å². The van der Waals surface area contributed by atoms with E-state index in [1.54, 1.807) is 51.9 Å². The lowest BCUT2D eigenvalue weighted by molar-refractivity contribution is -0.271. The number of carbonyl (C=O) groups excluding carboxylic acids is 9. The number of esters is 2. The van der Waals surface area contributed by atoms with Crippen LogP contribution in [0.4, 0.5) is 22.4 Å². The zero-order valence-electron chi connectivity index (χ0n) is 55.6. The molecular weight excluding hydrogens is 1310 g/mol. The summed E-state index contributed by atoms with van der Waals surface area (Å²) in [6, 6.07) is 13.1. The van der Waals surface area contributed by atoms with Crippen LogP contribution in [0.5, 0.6) is 17.2 Å². The zero-order valence-corrected chi connectivity index (χ0v) is 55.6. The van der Waals surface area contributed by atoms with Crippen LogP contribution in [0.15, 0.2) is 78.9 Å². The first-order chi connectivity index (χ1) is 47.8. The van der Waals surface area contributed by atoms with Gasteiger partial charge in [-0.25, -0.2) is 29.1 Å². The summed E-state index contributed by atoms with van der Waals surface area (Å²) in [5.74, 6) is -6.16. The summed E-state index contributed by atoms with van der Waals surface area (Å²) in [6.45, 7) is 7.03. The fourth-order valence-corrected chi connectivity index (χ4v) is 10.8. The number of amides is 7. The summed E-state index contributed by atoms with van der Waals surface area (Å²) >= 11 is 0. The lowest BCUT2D eigenvalue weighted by atomic mass is 9.99. The van der Waals surface area contributed by atoms with Crippen LogP contribution in [0.1, 0.15) is 91.8 Å². The lowest BCUT2D eigenvalue weighted by Gasteiger charge is -2.38. The molecule has 0 radical (unpaired) electrons. The highest BCUT2D eigenvalue weighted by Gasteiger charge is 2.48. The minimum atomic E-state index is -2.01. The lowest BCUT2D eigenvalue weighted by Crippen LogP contribution is -2.61. The molecule has 5 atom stereocenters. The molecule has 35 heteroatoms. The Kier molecular flexibility index (Phi) is 23.4. The van der Waals surface area contributed by atoms with E-state index in [-0.39, 0.29) is 127 Å². The van der Waals surface area contributed by atoms with Crippen molar-refractivity contribution in [3.05, 3.63) is 118 Å². The van der Waals surface area contributed by atoms with Crippen LogP contribution < -0.4 is 35.5 Å². The van der Waals surface area contributed by atoms with E-state index in [4.69, 9.17) is 43.1 Å². The van der Waals surface area contributed by atoms with Gasteiger partial charge >= 0.3 is 24.0 Å². The molecule has 0 bridgehead atoms. The summed E-state index contributed by atoms with van der Waals surface area (Å²) in [5.41, 5.74) is 3.28. The molecule has 9 rings (SSSR count). The number of anilines is 3. The van der Waals surface area contributed by atoms with Gasteiger partial charge in [-0.2, -0.15) is 10.2 Å². The van der Waals surface area contributed by atoms with E-state index in [1.165, 1.54) is 80.4 Å². The van der Waals surface area contributed by atoms with Gasteiger partial charge in [-0.15, -0.1) is 0 Å². The third-order valence-electron chi connectivity index (χ3n) is 15.9. The number of carboxylic acids is 1. The van der Waals surface area contributed by atoms with E-state index in [2.05, 4.69) is 31.5 Å². The van der Waals surface area contributed by atoms with E-state index in [1.807, 2.05) is 13.8 Å². The minimum absolute atomic E-state index is 0.0134. The average Bonchev–Trinajstić information content (AvgIpc) is 1.60. The van der Waals surface area contributed by atoms with Gasteiger partial charge in [0.2, 0.25) is 30.0 Å². The number of methoxy groups -OCH3 is 3. The molecule has 530 valence electrons. The summed E-state index contributed by atoms with van der Waals surface area (Å²) in [7, 11) is 5.30. The Balaban J connectivity index is 0.932. The van der Waals surface area contributed by atoms with Crippen molar-refractivity contribution in [3.63, 3.8) is 0 Å². The number of nitrogens with zero attached hydrogens (tertiary/aromatic N) is 10. The zero-order chi connectivity index (χ0) is 72.2. The number of aliphatic hydroxyl groups excluding tert-OH is 3. The van der Waals surface area contributed by atoms with Crippen molar-refractivity contribution in [2.75, 3.05) is 70.6 Å². The highest BCUT2D eigenvalue weighted by Crippen LogP contribution is 2.35. The number of benzene rings is 3. The number of ether oxygens (including phenoxy) is 7. The van der Waals surface area contributed by atoms with Gasteiger partial charge in [0.25, 0.3) is 23.6 Å². The van der Waals surface area contributed by atoms with Crippen LogP contribution in [-0.4, -0.2) is 214 Å². The largest absolute Gasteiger partial charge is 0.494 e. The second-order valence-electron chi connectivity index (χ2n) is 22.7. The van der Waals surface area contributed by atoms with Crippen molar-refractivity contribution in [2.24, 2.45) is 0 Å². The first kappa shape index (κ1) is 72.7. The Morgan fingerprint density at radius 2 is 1.25 bits per heavy atom. The van der Waals surface area contributed by atoms with Crippen molar-refractivity contribution in [1.82, 2.24) is 53.8 Å². The van der Waals surface area contributed by atoms with Gasteiger partial charge in [0.1, 0.15) is 64.6 Å².